The molecular formula is C36H56FN7O3S. The molecule has 4 N–H and O–H groups in total. The highest BCUT2D eigenvalue weighted by Gasteiger charge is 2.25. The largest absolute Gasteiger partial charge is 0.366 e. The third-order valence-electron chi connectivity index (χ3n) is 8.74. The lowest BCUT2D eigenvalue weighted by atomic mass is 9.97. The minimum Gasteiger partial charge on any atom is -0.366 e. The first kappa shape index (κ1) is 41.0. The molecule has 0 radical (unpaired) electrons. The van der Waals surface area contributed by atoms with Crippen LogP contribution in [-0.2, 0) is 11.2 Å². The van der Waals surface area contributed by atoms with Gasteiger partial charge < -0.3 is 31.2 Å². The van der Waals surface area contributed by atoms with Crippen molar-refractivity contribution in [1.82, 2.24) is 24.9 Å². The molecule has 0 atom stereocenters. The van der Waals surface area contributed by atoms with Crippen molar-refractivity contribution in [2.45, 2.75) is 33.1 Å². The van der Waals surface area contributed by atoms with E-state index in [1.54, 1.807) is 30.5 Å². The zero-order chi connectivity index (χ0) is 35.5. The molecule has 266 valence electrons. The third-order valence-corrected chi connectivity index (χ3v) is 8.74. The number of likely N-dealkylation sites (N-methyl/N-ethyl adjacent to an activating group) is 1. The van der Waals surface area contributed by atoms with Gasteiger partial charge in [0.1, 0.15) is 5.82 Å². The number of nitrogens with one attached hydrogen (secondary N) is 2. The molecule has 2 aromatic rings. The van der Waals surface area contributed by atoms with Crippen molar-refractivity contribution in [2.24, 2.45) is 11.7 Å². The molecule has 5 rings (SSSR count). The summed E-state index contributed by atoms with van der Waals surface area (Å²) >= 11 is 3.53. The van der Waals surface area contributed by atoms with Crippen molar-refractivity contribution in [2.75, 3.05) is 91.8 Å². The van der Waals surface area contributed by atoms with Crippen molar-refractivity contribution in [3.8, 4) is 0 Å². The minimum absolute atomic E-state index is 0.0523. The number of halogens is 1. The van der Waals surface area contributed by atoms with E-state index in [0.717, 1.165) is 58.3 Å². The number of carbonyl (C=O) groups excluding carboxylic acids is 3. The van der Waals surface area contributed by atoms with Gasteiger partial charge in [0.2, 0.25) is 11.8 Å². The number of rotatable bonds is 9. The van der Waals surface area contributed by atoms with E-state index in [9.17, 15) is 18.8 Å². The smallest absolute Gasteiger partial charge is 0.249 e. The maximum Gasteiger partial charge on any atom is 0.249 e. The standard InChI is InChI=1S/C17H33N5O.C16H13FN2O2.C2H6.CH4S/c1-19-6-12-22(13-7-19)17(23)15-21-10-8-20(9-11-21)14-16-2-4-18-5-3-16;17-14-6-5-10(7-11(14)9-20)8-15(18)12-3-1-2-4-13(12)16(19)21;2*1-2/h16,18H,2-15H2,1H3;1-7,9,18H,8H2,(H2,19,21);1-2H3;2H,1H3. The molecule has 10 nitrogen and oxygen atoms in total. The molecule has 12 heteroatoms. The Morgan fingerprint density at radius 2 is 1.52 bits per heavy atom. The summed E-state index contributed by atoms with van der Waals surface area (Å²) < 4.78 is 13.3. The Labute approximate surface area is 292 Å². The predicted octanol–water partition coefficient (Wildman–Crippen LogP) is 3.30. The zero-order valence-electron chi connectivity index (χ0n) is 29.2. The predicted molar refractivity (Wildman–Crippen MR) is 196 cm³/mol. The van der Waals surface area contributed by atoms with Crippen LogP contribution < -0.4 is 11.1 Å². The van der Waals surface area contributed by atoms with E-state index in [2.05, 4.69) is 39.7 Å². The summed E-state index contributed by atoms with van der Waals surface area (Å²) in [4.78, 5) is 43.8. The van der Waals surface area contributed by atoms with Crippen LogP contribution in [0.3, 0.4) is 0 Å². The Balaban J connectivity index is 0.000000304. The Hall–Kier alpha value is -3.16. The van der Waals surface area contributed by atoms with Crippen molar-refractivity contribution in [1.29, 1.82) is 5.41 Å². The third kappa shape index (κ3) is 13.4. The molecule has 0 saturated carbocycles. The van der Waals surface area contributed by atoms with Crippen molar-refractivity contribution in [3.05, 3.63) is 70.5 Å². The van der Waals surface area contributed by atoms with E-state index in [1.807, 2.05) is 18.7 Å². The second kappa shape index (κ2) is 22.5. The van der Waals surface area contributed by atoms with E-state index in [-0.39, 0.29) is 23.3 Å². The summed E-state index contributed by atoms with van der Waals surface area (Å²) in [6.07, 6.45) is 4.94. The number of piperazine rings is 2. The first-order valence-corrected chi connectivity index (χ1v) is 17.9. The Kier molecular flexibility index (Phi) is 19.2. The number of aldehydes is 1. The fraction of sp³-hybridized carbons (Fsp3) is 0.556. The van der Waals surface area contributed by atoms with Gasteiger partial charge in [-0.05, 0) is 68.9 Å². The first-order chi connectivity index (χ1) is 23.2. The van der Waals surface area contributed by atoms with E-state index in [0.29, 0.717) is 29.9 Å². The molecule has 0 aromatic heterocycles. The van der Waals surface area contributed by atoms with Crippen molar-refractivity contribution < 1.29 is 18.8 Å². The van der Waals surface area contributed by atoms with Crippen LogP contribution in [0.2, 0.25) is 0 Å². The zero-order valence-corrected chi connectivity index (χ0v) is 30.1. The van der Waals surface area contributed by atoms with Gasteiger partial charge in [0, 0.05) is 82.2 Å². The molecule has 3 saturated heterocycles. The number of hydrogen-bond acceptors (Lipinski definition) is 9. The van der Waals surface area contributed by atoms with Gasteiger partial charge in [0.05, 0.1) is 12.1 Å². The molecule has 2 aromatic carbocycles. The van der Waals surface area contributed by atoms with Crippen LogP contribution in [0.15, 0.2) is 42.5 Å². The summed E-state index contributed by atoms with van der Waals surface area (Å²) in [7, 11) is 2.13. The molecule has 3 heterocycles. The van der Waals surface area contributed by atoms with Gasteiger partial charge in [-0.25, -0.2) is 4.39 Å². The minimum atomic E-state index is -0.608. The molecule has 0 unspecified atom stereocenters. The molecule has 3 fully saturated rings. The second-order valence-electron chi connectivity index (χ2n) is 12.0. The van der Waals surface area contributed by atoms with Crippen molar-refractivity contribution >= 4 is 36.4 Å². The monoisotopic (exact) mass is 685 g/mol. The Morgan fingerprint density at radius 3 is 2.10 bits per heavy atom. The lowest BCUT2D eigenvalue weighted by Gasteiger charge is -2.38. The lowest BCUT2D eigenvalue weighted by molar-refractivity contribution is -0.134. The maximum absolute atomic E-state index is 13.3. The number of primary amides is 1. The van der Waals surface area contributed by atoms with Gasteiger partial charge in [-0.2, -0.15) is 12.6 Å². The van der Waals surface area contributed by atoms with Crippen LogP contribution in [0, 0.1) is 17.1 Å². The maximum atomic E-state index is 13.3. The average molecular weight is 686 g/mol. The summed E-state index contributed by atoms with van der Waals surface area (Å²) in [5.41, 5.74) is 6.71. The number of piperidine rings is 1. The highest BCUT2D eigenvalue weighted by atomic mass is 32.1. The first-order valence-electron chi connectivity index (χ1n) is 17.0. The van der Waals surface area contributed by atoms with Crippen molar-refractivity contribution in [3.63, 3.8) is 0 Å². The topological polar surface area (TPSA) is 126 Å². The molecule has 0 spiro atoms. The number of thiol groups is 1. The molecule has 2 amide bonds. The summed E-state index contributed by atoms with van der Waals surface area (Å²) in [6.45, 7) is 16.4. The van der Waals surface area contributed by atoms with Crippen LogP contribution in [0.1, 0.15) is 58.5 Å². The molecule has 0 aliphatic carbocycles. The Morgan fingerprint density at radius 1 is 0.938 bits per heavy atom. The quantitative estimate of drug-likeness (QED) is 0.181. The summed E-state index contributed by atoms with van der Waals surface area (Å²) in [6, 6.07) is 10.6. The number of hydrogen-bond donors (Lipinski definition) is 4. The van der Waals surface area contributed by atoms with E-state index in [1.165, 1.54) is 50.7 Å². The number of carbonyl (C=O) groups is 3. The second-order valence-corrected chi connectivity index (χ2v) is 12.0. The number of benzene rings is 2. The average Bonchev–Trinajstić information content (AvgIpc) is 3.12. The van der Waals surface area contributed by atoms with Gasteiger partial charge in [-0.3, -0.25) is 19.3 Å². The number of nitrogens with two attached hydrogens (primary N) is 1. The van der Waals surface area contributed by atoms with E-state index < -0.39 is 11.7 Å². The number of amides is 2. The summed E-state index contributed by atoms with van der Waals surface area (Å²) in [5.74, 6) is -0.0134. The van der Waals surface area contributed by atoms with Crippen LogP contribution >= 0.6 is 12.6 Å². The van der Waals surface area contributed by atoms with Crippen LogP contribution in [0.5, 0.6) is 0 Å². The SMILES string of the molecule is CC.CN1CCN(C(=O)CN2CCN(CC3CCNCC3)CC2)CC1.CS.N=C(Cc1ccc(F)c(C=O)c1)c1ccccc1C(N)=O. The van der Waals surface area contributed by atoms with Crippen LogP contribution in [-0.4, -0.2) is 135 Å². The van der Waals surface area contributed by atoms with Gasteiger partial charge in [-0.15, -0.1) is 0 Å². The van der Waals surface area contributed by atoms with Crippen LogP contribution in [0.4, 0.5) is 4.39 Å². The molecule has 3 aliphatic heterocycles. The molecule has 0 bridgehead atoms. The molecule has 3 aliphatic rings. The van der Waals surface area contributed by atoms with E-state index in [4.69, 9.17) is 11.1 Å². The van der Waals surface area contributed by atoms with Gasteiger partial charge in [-0.1, -0.05) is 38.1 Å². The highest BCUT2D eigenvalue weighted by Crippen LogP contribution is 2.16. The molecule has 48 heavy (non-hydrogen) atoms. The van der Waals surface area contributed by atoms with Gasteiger partial charge >= 0.3 is 0 Å². The fourth-order valence-corrected chi connectivity index (χ4v) is 5.96. The van der Waals surface area contributed by atoms with E-state index >= 15 is 0 Å². The Bertz CT molecular complexity index is 1290. The van der Waals surface area contributed by atoms with Gasteiger partial charge in [0.25, 0.3) is 0 Å². The fourth-order valence-electron chi connectivity index (χ4n) is 5.96. The summed E-state index contributed by atoms with van der Waals surface area (Å²) in [5, 5.41) is 11.5. The lowest BCUT2D eigenvalue weighted by Crippen LogP contribution is -2.53. The number of nitrogens with zero attached hydrogens (tertiary/aromatic N) is 4. The van der Waals surface area contributed by atoms with Gasteiger partial charge in [0.15, 0.2) is 6.29 Å². The normalized spacial score (nSPS) is 17.4. The highest BCUT2D eigenvalue weighted by molar-refractivity contribution is 7.79. The molecular weight excluding hydrogens is 630 g/mol. The van der Waals surface area contributed by atoms with Crippen LogP contribution in [0.25, 0.3) is 0 Å².